The van der Waals surface area contributed by atoms with Crippen molar-refractivity contribution in [3.63, 3.8) is 0 Å². The van der Waals surface area contributed by atoms with Crippen molar-refractivity contribution in [3.05, 3.63) is 34.9 Å². The van der Waals surface area contributed by atoms with Crippen molar-refractivity contribution in [2.45, 2.75) is 18.9 Å². The number of hydrogen-bond donors (Lipinski definition) is 1. The highest BCUT2D eigenvalue weighted by Gasteiger charge is 2.27. The van der Waals surface area contributed by atoms with Crippen molar-refractivity contribution in [2.75, 3.05) is 13.1 Å². The molecule has 0 spiro atoms. The van der Waals surface area contributed by atoms with E-state index in [0.29, 0.717) is 18.1 Å². The first-order valence-corrected chi connectivity index (χ1v) is 5.73. The maximum absolute atomic E-state index is 11.4. The maximum Gasteiger partial charge on any atom is 0.225 e. The van der Waals surface area contributed by atoms with Gasteiger partial charge in [0.25, 0.3) is 0 Å². The lowest BCUT2D eigenvalue weighted by Crippen LogP contribution is -2.28. The fourth-order valence-corrected chi connectivity index (χ4v) is 2.14. The fraction of sp³-hybridized carbons (Fsp3) is 0.417. The molecule has 86 valence electrons. The number of β-amino-alcohol motifs (C(OH)–C–C–N with tert-alkyl or cyclic N) is 1. The van der Waals surface area contributed by atoms with Crippen LogP contribution in [0.2, 0.25) is 5.02 Å². The lowest BCUT2D eigenvalue weighted by Gasteiger charge is -2.15. The molecule has 1 amide bonds. The van der Waals surface area contributed by atoms with Crippen LogP contribution in [-0.2, 0) is 11.2 Å². The third kappa shape index (κ3) is 2.74. The molecule has 1 heterocycles. The summed E-state index contributed by atoms with van der Waals surface area (Å²) in [5.74, 6) is 0.0366. The summed E-state index contributed by atoms with van der Waals surface area (Å²) in [5.41, 5.74) is 1.11. The zero-order valence-electron chi connectivity index (χ0n) is 8.90. The minimum Gasteiger partial charge on any atom is -0.391 e. The molecule has 0 radical (unpaired) electrons. The minimum atomic E-state index is -0.494. The number of likely N-dealkylation sites (tertiary alicyclic amines) is 1. The zero-order chi connectivity index (χ0) is 11.5. The average Bonchev–Trinajstić information content (AvgIpc) is 2.54. The van der Waals surface area contributed by atoms with Crippen LogP contribution < -0.4 is 0 Å². The molecule has 0 saturated carbocycles. The van der Waals surface area contributed by atoms with Crippen molar-refractivity contribution in [3.8, 4) is 0 Å². The van der Waals surface area contributed by atoms with Gasteiger partial charge in [-0.1, -0.05) is 23.7 Å². The number of carbonyl (C=O) groups excluding carboxylic acids is 1. The highest BCUT2D eigenvalue weighted by molar-refractivity contribution is 6.30. The standard InChI is InChI=1S/C12H14ClNO2/c13-10-3-1-2-9(6-10)4-5-14-8-11(15)7-12(14)16/h1-3,6,11,15H,4-5,7-8H2. The Hall–Kier alpha value is -1.06. The van der Waals surface area contributed by atoms with Gasteiger partial charge in [-0.15, -0.1) is 0 Å². The molecule has 1 N–H and O–H groups in total. The van der Waals surface area contributed by atoms with Crippen molar-refractivity contribution in [1.29, 1.82) is 0 Å². The summed E-state index contributed by atoms with van der Waals surface area (Å²) in [7, 11) is 0. The van der Waals surface area contributed by atoms with Gasteiger partial charge in [0, 0.05) is 18.1 Å². The van der Waals surface area contributed by atoms with Crippen LogP contribution in [0.4, 0.5) is 0 Å². The molecule has 2 rings (SSSR count). The van der Waals surface area contributed by atoms with Crippen molar-refractivity contribution in [2.24, 2.45) is 0 Å². The molecular weight excluding hydrogens is 226 g/mol. The molecule has 4 heteroatoms. The number of benzene rings is 1. The van der Waals surface area contributed by atoms with Crippen LogP contribution in [0, 0.1) is 0 Å². The molecule has 0 bridgehead atoms. The van der Waals surface area contributed by atoms with E-state index in [2.05, 4.69) is 0 Å². The Kier molecular flexibility index (Phi) is 3.46. The Labute approximate surface area is 99.6 Å². The maximum atomic E-state index is 11.4. The summed E-state index contributed by atoms with van der Waals surface area (Å²) < 4.78 is 0. The third-order valence-electron chi connectivity index (χ3n) is 2.75. The van der Waals surface area contributed by atoms with Gasteiger partial charge < -0.3 is 10.0 Å². The topological polar surface area (TPSA) is 40.5 Å². The quantitative estimate of drug-likeness (QED) is 0.868. The highest BCUT2D eigenvalue weighted by Crippen LogP contribution is 2.14. The predicted octanol–water partition coefficient (Wildman–Crippen LogP) is 1.48. The predicted molar refractivity (Wildman–Crippen MR) is 62.4 cm³/mol. The second kappa shape index (κ2) is 4.85. The van der Waals surface area contributed by atoms with Gasteiger partial charge >= 0.3 is 0 Å². The van der Waals surface area contributed by atoms with Gasteiger partial charge in [0.05, 0.1) is 12.5 Å². The smallest absolute Gasteiger partial charge is 0.225 e. The number of nitrogens with zero attached hydrogens (tertiary/aromatic N) is 1. The van der Waals surface area contributed by atoms with Crippen LogP contribution in [0.5, 0.6) is 0 Å². The molecule has 1 aromatic carbocycles. The Balaban J connectivity index is 1.90. The second-order valence-corrected chi connectivity index (χ2v) is 4.51. The second-order valence-electron chi connectivity index (χ2n) is 4.08. The molecule has 1 unspecified atom stereocenters. The fourth-order valence-electron chi connectivity index (χ4n) is 1.92. The number of hydrogen-bond acceptors (Lipinski definition) is 2. The van der Waals surface area contributed by atoms with Gasteiger partial charge in [-0.05, 0) is 24.1 Å². The molecule has 3 nitrogen and oxygen atoms in total. The van der Waals surface area contributed by atoms with Crippen LogP contribution >= 0.6 is 11.6 Å². The number of rotatable bonds is 3. The number of halogens is 1. The van der Waals surface area contributed by atoms with Crippen molar-refractivity contribution in [1.82, 2.24) is 4.90 Å². The summed E-state index contributed by atoms with van der Waals surface area (Å²) in [6.45, 7) is 1.11. The summed E-state index contributed by atoms with van der Waals surface area (Å²) >= 11 is 5.87. The molecule has 0 aromatic heterocycles. The van der Waals surface area contributed by atoms with Crippen LogP contribution in [0.25, 0.3) is 0 Å². The average molecular weight is 240 g/mol. The van der Waals surface area contributed by atoms with E-state index in [4.69, 9.17) is 11.6 Å². The largest absolute Gasteiger partial charge is 0.391 e. The number of amides is 1. The SMILES string of the molecule is O=C1CC(O)CN1CCc1cccc(Cl)c1. The van der Waals surface area contributed by atoms with E-state index < -0.39 is 6.10 Å². The van der Waals surface area contributed by atoms with Crippen LogP contribution in [0.1, 0.15) is 12.0 Å². The van der Waals surface area contributed by atoms with Crippen LogP contribution in [0.3, 0.4) is 0 Å². The highest BCUT2D eigenvalue weighted by atomic mass is 35.5. The molecule has 1 saturated heterocycles. The summed E-state index contributed by atoms with van der Waals surface area (Å²) in [6, 6.07) is 7.62. The monoisotopic (exact) mass is 239 g/mol. The van der Waals surface area contributed by atoms with Gasteiger partial charge in [0.15, 0.2) is 0 Å². The van der Waals surface area contributed by atoms with Crippen molar-refractivity contribution >= 4 is 17.5 Å². The molecule has 1 aliphatic heterocycles. The number of aliphatic hydroxyl groups excluding tert-OH is 1. The van der Waals surface area contributed by atoms with Crippen molar-refractivity contribution < 1.29 is 9.90 Å². The molecule has 0 aliphatic carbocycles. The Bertz CT molecular complexity index is 394. The van der Waals surface area contributed by atoms with E-state index in [9.17, 15) is 9.90 Å². The Morgan fingerprint density at radius 1 is 1.50 bits per heavy atom. The number of carbonyl (C=O) groups is 1. The van der Waals surface area contributed by atoms with E-state index in [0.717, 1.165) is 12.0 Å². The van der Waals surface area contributed by atoms with E-state index in [1.807, 2.05) is 24.3 Å². The molecule has 1 aliphatic rings. The van der Waals surface area contributed by atoms with Gasteiger partial charge in [0.1, 0.15) is 0 Å². The normalized spacial score (nSPS) is 20.5. The first-order chi connectivity index (χ1) is 7.65. The molecule has 16 heavy (non-hydrogen) atoms. The van der Waals surface area contributed by atoms with Gasteiger partial charge in [0.2, 0.25) is 5.91 Å². The zero-order valence-corrected chi connectivity index (χ0v) is 9.65. The van der Waals surface area contributed by atoms with Gasteiger partial charge in [-0.25, -0.2) is 0 Å². The molecule has 1 aromatic rings. The Morgan fingerprint density at radius 3 is 2.94 bits per heavy atom. The first-order valence-electron chi connectivity index (χ1n) is 5.35. The summed E-state index contributed by atoms with van der Waals surface area (Å²) in [5, 5.41) is 10.0. The Morgan fingerprint density at radius 2 is 2.31 bits per heavy atom. The third-order valence-corrected chi connectivity index (χ3v) is 2.99. The first kappa shape index (κ1) is 11.4. The van der Waals surface area contributed by atoms with Crippen LogP contribution in [-0.4, -0.2) is 35.1 Å². The van der Waals surface area contributed by atoms with Gasteiger partial charge in [-0.2, -0.15) is 0 Å². The van der Waals surface area contributed by atoms with E-state index in [1.54, 1.807) is 4.90 Å². The van der Waals surface area contributed by atoms with E-state index in [1.165, 1.54) is 0 Å². The lowest BCUT2D eigenvalue weighted by molar-refractivity contribution is -0.127. The summed E-state index contributed by atoms with van der Waals surface area (Å²) in [6.07, 6.45) is 0.543. The van der Waals surface area contributed by atoms with E-state index >= 15 is 0 Å². The molecule has 1 atom stereocenters. The number of aliphatic hydroxyl groups is 1. The van der Waals surface area contributed by atoms with Gasteiger partial charge in [-0.3, -0.25) is 4.79 Å². The molecular formula is C12H14ClNO2. The molecule has 1 fully saturated rings. The van der Waals surface area contributed by atoms with E-state index in [-0.39, 0.29) is 12.3 Å². The summed E-state index contributed by atoms with van der Waals surface area (Å²) in [4.78, 5) is 13.1. The van der Waals surface area contributed by atoms with Crippen LogP contribution in [0.15, 0.2) is 24.3 Å². The lowest BCUT2D eigenvalue weighted by atomic mass is 10.1. The minimum absolute atomic E-state index is 0.0366.